The summed E-state index contributed by atoms with van der Waals surface area (Å²) in [6.07, 6.45) is 5.79. The summed E-state index contributed by atoms with van der Waals surface area (Å²) >= 11 is 1.73. The Kier molecular flexibility index (Phi) is 2.49. The molecule has 1 N–H and O–H groups in total. The summed E-state index contributed by atoms with van der Waals surface area (Å²) in [5.74, 6) is 1.30. The third-order valence-electron chi connectivity index (χ3n) is 2.49. The van der Waals surface area contributed by atoms with Gasteiger partial charge in [0.15, 0.2) is 0 Å². The van der Waals surface area contributed by atoms with Gasteiger partial charge in [0.1, 0.15) is 5.75 Å². The Balaban J connectivity index is 2.19. The highest BCUT2D eigenvalue weighted by molar-refractivity contribution is 7.98. The van der Waals surface area contributed by atoms with Gasteiger partial charge < -0.3 is 5.11 Å². The van der Waals surface area contributed by atoms with Gasteiger partial charge in [0.05, 0.1) is 0 Å². The number of thioether (sulfide) groups is 1. The Bertz CT molecular complexity index is 305. The molecule has 13 heavy (non-hydrogen) atoms. The Morgan fingerprint density at radius 3 is 2.85 bits per heavy atom. The van der Waals surface area contributed by atoms with Crippen molar-refractivity contribution in [2.24, 2.45) is 5.92 Å². The predicted octanol–water partition coefficient (Wildman–Crippen LogP) is 3.07. The van der Waals surface area contributed by atoms with Crippen LogP contribution in [0.15, 0.2) is 23.1 Å². The van der Waals surface area contributed by atoms with Crippen molar-refractivity contribution in [3.8, 4) is 5.75 Å². The van der Waals surface area contributed by atoms with Gasteiger partial charge in [0.25, 0.3) is 0 Å². The molecule has 1 aliphatic rings. The van der Waals surface area contributed by atoms with Crippen LogP contribution in [0.5, 0.6) is 5.75 Å². The van der Waals surface area contributed by atoms with Gasteiger partial charge in [-0.3, -0.25) is 0 Å². The van der Waals surface area contributed by atoms with E-state index in [1.54, 1.807) is 11.8 Å². The van der Waals surface area contributed by atoms with E-state index in [0.29, 0.717) is 5.75 Å². The summed E-state index contributed by atoms with van der Waals surface area (Å²) in [4.78, 5) is 1.24. The fourth-order valence-electron chi connectivity index (χ4n) is 1.49. The van der Waals surface area contributed by atoms with Gasteiger partial charge in [-0.15, -0.1) is 11.8 Å². The molecule has 0 amide bonds. The first kappa shape index (κ1) is 8.95. The first-order valence-corrected chi connectivity index (χ1v) is 5.88. The van der Waals surface area contributed by atoms with Crippen LogP contribution >= 0.6 is 11.8 Å². The van der Waals surface area contributed by atoms with Crippen molar-refractivity contribution in [3.63, 3.8) is 0 Å². The summed E-state index contributed by atoms with van der Waals surface area (Å²) < 4.78 is 0. The van der Waals surface area contributed by atoms with Gasteiger partial charge in [-0.2, -0.15) is 0 Å². The van der Waals surface area contributed by atoms with E-state index >= 15 is 0 Å². The minimum atomic E-state index is 0.463. The normalized spacial score (nSPS) is 16.1. The molecule has 0 aromatic heterocycles. The van der Waals surface area contributed by atoms with Gasteiger partial charge >= 0.3 is 0 Å². The standard InChI is InChI=1S/C11H14OS/c1-13-10-4-5-11(12)9(7-10)6-8-2-3-8/h4-5,7-8,12H,2-3,6H2,1H3. The summed E-state index contributed by atoms with van der Waals surface area (Å²) in [6, 6.07) is 5.89. The minimum Gasteiger partial charge on any atom is -0.508 e. The summed E-state index contributed by atoms with van der Waals surface area (Å²) in [5.41, 5.74) is 1.12. The van der Waals surface area contributed by atoms with Gasteiger partial charge in [-0.05, 0) is 55.2 Å². The second-order valence-corrected chi connectivity index (χ2v) is 4.52. The molecule has 70 valence electrons. The van der Waals surface area contributed by atoms with E-state index < -0.39 is 0 Å². The van der Waals surface area contributed by atoms with Gasteiger partial charge in [-0.1, -0.05) is 0 Å². The third-order valence-corrected chi connectivity index (χ3v) is 3.22. The quantitative estimate of drug-likeness (QED) is 0.746. The molecule has 1 saturated carbocycles. The predicted molar refractivity (Wildman–Crippen MR) is 56.3 cm³/mol. The lowest BCUT2D eigenvalue weighted by molar-refractivity contribution is 0.466. The summed E-state index contributed by atoms with van der Waals surface area (Å²) in [5, 5.41) is 9.60. The van der Waals surface area contributed by atoms with Crippen LogP contribution in [0.25, 0.3) is 0 Å². The maximum atomic E-state index is 9.60. The highest BCUT2D eigenvalue weighted by atomic mass is 32.2. The Hall–Kier alpha value is -0.630. The average molecular weight is 194 g/mol. The van der Waals surface area contributed by atoms with Crippen LogP contribution in [-0.2, 0) is 6.42 Å². The molecule has 2 heteroatoms. The lowest BCUT2D eigenvalue weighted by Gasteiger charge is -2.05. The SMILES string of the molecule is CSc1ccc(O)c(CC2CC2)c1. The molecule has 2 rings (SSSR count). The molecule has 0 atom stereocenters. The number of hydrogen-bond donors (Lipinski definition) is 1. The summed E-state index contributed by atoms with van der Waals surface area (Å²) in [7, 11) is 0. The zero-order chi connectivity index (χ0) is 9.26. The molecule has 0 bridgehead atoms. The van der Waals surface area contributed by atoms with Crippen LogP contribution in [0.4, 0.5) is 0 Å². The fourth-order valence-corrected chi connectivity index (χ4v) is 1.95. The Morgan fingerprint density at radius 2 is 2.23 bits per heavy atom. The molecule has 1 aliphatic carbocycles. The lowest BCUT2D eigenvalue weighted by atomic mass is 10.1. The average Bonchev–Trinajstić information content (AvgIpc) is 2.93. The highest BCUT2D eigenvalue weighted by Gasteiger charge is 2.22. The van der Waals surface area contributed by atoms with Gasteiger partial charge in [-0.25, -0.2) is 0 Å². The largest absolute Gasteiger partial charge is 0.508 e. The maximum absolute atomic E-state index is 9.60. The Morgan fingerprint density at radius 1 is 1.46 bits per heavy atom. The van der Waals surface area contributed by atoms with E-state index in [1.165, 1.54) is 17.7 Å². The van der Waals surface area contributed by atoms with Crippen LogP contribution in [0, 0.1) is 5.92 Å². The monoisotopic (exact) mass is 194 g/mol. The van der Waals surface area contributed by atoms with Crippen LogP contribution in [0.2, 0.25) is 0 Å². The highest BCUT2D eigenvalue weighted by Crippen LogP contribution is 2.35. The van der Waals surface area contributed by atoms with Crippen molar-refractivity contribution < 1.29 is 5.11 Å². The number of rotatable bonds is 3. The Labute approximate surface area is 83.2 Å². The smallest absolute Gasteiger partial charge is 0.118 e. The van der Waals surface area contributed by atoms with Gasteiger partial charge in [0, 0.05) is 4.90 Å². The van der Waals surface area contributed by atoms with Crippen molar-refractivity contribution >= 4 is 11.8 Å². The van der Waals surface area contributed by atoms with E-state index in [0.717, 1.165) is 17.9 Å². The summed E-state index contributed by atoms with van der Waals surface area (Å²) in [6.45, 7) is 0. The molecule has 0 heterocycles. The molecular weight excluding hydrogens is 180 g/mol. The van der Waals surface area contributed by atoms with E-state index in [-0.39, 0.29) is 0 Å². The first-order chi connectivity index (χ1) is 6.29. The molecule has 0 aliphatic heterocycles. The van der Waals surface area contributed by atoms with Crippen LogP contribution in [0.1, 0.15) is 18.4 Å². The number of benzene rings is 1. The zero-order valence-corrected chi connectivity index (χ0v) is 8.60. The van der Waals surface area contributed by atoms with Crippen LogP contribution < -0.4 is 0 Å². The molecule has 0 spiro atoms. The van der Waals surface area contributed by atoms with Crippen molar-refractivity contribution in [3.05, 3.63) is 23.8 Å². The van der Waals surface area contributed by atoms with E-state index in [2.05, 4.69) is 12.3 Å². The minimum absolute atomic E-state index is 0.463. The van der Waals surface area contributed by atoms with Crippen LogP contribution in [0.3, 0.4) is 0 Å². The molecule has 0 radical (unpaired) electrons. The lowest BCUT2D eigenvalue weighted by Crippen LogP contribution is -1.88. The molecule has 0 unspecified atom stereocenters. The van der Waals surface area contributed by atoms with Crippen molar-refractivity contribution in [2.45, 2.75) is 24.2 Å². The molecule has 0 saturated heterocycles. The van der Waals surface area contributed by atoms with Gasteiger partial charge in [0.2, 0.25) is 0 Å². The second-order valence-electron chi connectivity index (χ2n) is 3.64. The van der Waals surface area contributed by atoms with E-state index in [1.807, 2.05) is 12.1 Å². The number of aromatic hydroxyl groups is 1. The zero-order valence-electron chi connectivity index (χ0n) is 7.79. The molecule has 1 aromatic rings. The first-order valence-electron chi connectivity index (χ1n) is 4.65. The molecule has 1 aromatic carbocycles. The maximum Gasteiger partial charge on any atom is 0.118 e. The number of hydrogen-bond acceptors (Lipinski definition) is 2. The third kappa shape index (κ3) is 2.19. The van der Waals surface area contributed by atoms with E-state index in [9.17, 15) is 5.11 Å². The fraction of sp³-hybridized carbons (Fsp3) is 0.455. The van der Waals surface area contributed by atoms with Crippen molar-refractivity contribution in [1.29, 1.82) is 0 Å². The number of phenolic OH excluding ortho intramolecular Hbond substituents is 1. The number of phenols is 1. The molecule has 1 fully saturated rings. The second kappa shape index (κ2) is 3.62. The molecular formula is C11H14OS. The van der Waals surface area contributed by atoms with Crippen LogP contribution in [-0.4, -0.2) is 11.4 Å². The van der Waals surface area contributed by atoms with E-state index in [4.69, 9.17) is 0 Å². The van der Waals surface area contributed by atoms with Crippen molar-refractivity contribution in [2.75, 3.05) is 6.26 Å². The topological polar surface area (TPSA) is 20.2 Å². The molecule has 1 nitrogen and oxygen atoms in total. The van der Waals surface area contributed by atoms with Crippen molar-refractivity contribution in [1.82, 2.24) is 0 Å².